The Morgan fingerprint density at radius 3 is 2.36 bits per heavy atom. The number of aromatic carboxylic acids is 1. The number of alkyl halides is 3. The summed E-state index contributed by atoms with van der Waals surface area (Å²) >= 11 is 0. The maximum absolute atomic E-state index is 12.5. The lowest BCUT2D eigenvalue weighted by Crippen LogP contribution is -2.17. The maximum Gasteiger partial charge on any atom is 0.573 e. The van der Waals surface area contributed by atoms with Gasteiger partial charge in [0.2, 0.25) is 0 Å². The second-order valence-corrected chi connectivity index (χ2v) is 6.66. The van der Waals surface area contributed by atoms with Crippen LogP contribution in [0.15, 0.2) is 48.5 Å². The number of ether oxygens (including phenoxy) is 1. The van der Waals surface area contributed by atoms with Gasteiger partial charge in [0.15, 0.2) is 5.75 Å². The van der Waals surface area contributed by atoms with Crippen LogP contribution in [0, 0.1) is 0 Å². The first-order valence-corrected chi connectivity index (χ1v) is 8.43. The molecule has 1 heterocycles. The number of hydrogen-bond donors (Lipinski definition) is 2. The predicted molar refractivity (Wildman–Crippen MR) is 93.5 cm³/mol. The Balaban J connectivity index is 1.92. The van der Waals surface area contributed by atoms with E-state index in [9.17, 15) is 28.2 Å². The van der Waals surface area contributed by atoms with Gasteiger partial charge in [0.1, 0.15) is 11.3 Å². The van der Waals surface area contributed by atoms with Crippen molar-refractivity contribution in [2.24, 2.45) is 0 Å². The van der Waals surface area contributed by atoms with Crippen LogP contribution in [0.1, 0.15) is 34.5 Å². The first-order chi connectivity index (χ1) is 13.2. The van der Waals surface area contributed by atoms with Crippen molar-refractivity contribution in [3.8, 4) is 11.5 Å². The van der Waals surface area contributed by atoms with Gasteiger partial charge < -0.3 is 14.9 Å². The largest absolute Gasteiger partial charge is 0.573 e. The lowest BCUT2D eigenvalue weighted by atomic mass is 9.89. The molecule has 1 fully saturated rings. The van der Waals surface area contributed by atoms with E-state index < -0.39 is 34.8 Å². The minimum atomic E-state index is -4.92. The Labute approximate surface area is 157 Å². The monoisotopic (exact) mass is 389 g/mol. The summed E-state index contributed by atoms with van der Waals surface area (Å²) < 4.78 is 41.3. The number of carboxylic acids is 1. The number of hydrogen-bond acceptors (Lipinski definition) is 4. The molecule has 2 N–H and O–H groups in total. The molecule has 0 atom stereocenters. The van der Waals surface area contributed by atoms with Crippen LogP contribution in [-0.2, 0) is 5.41 Å². The number of rotatable bonds is 4. The van der Waals surface area contributed by atoms with Crippen LogP contribution in [0.2, 0.25) is 0 Å². The van der Waals surface area contributed by atoms with Gasteiger partial charge in [0.25, 0.3) is 0 Å². The predicted octanol–water partition coefficient (Wildman–Crippen LogP) is 4.62. The Hall–Kier alpha value is -3.29. The number of nitrogens with zero attached hydrogens (tertiary/aromatic N) is 1. The number of aromatic nitrogens is 1. The molecule has 1 aromatic heterocycles. The van der Waals surface area contributed by atoms with Crippen LogP contribution < -0.4 is 4.74 Å². The second-order valence-electron chi connectivity index (χ2n) is 6.66. The molecule has 28 heavy (non-hydrogen) atoms. The van der Waals surface area contributed by atoms with Crippen LogP contribution in [0.3, 0.4) is 0 Å². The average molecular weight is 389 g/mol. The van der Waals surface area contributed by atoms with Crippen molar-refractivity contribution in [3.05, 3.63) is 65.4 Å². The zero-order valence-corrected chi connectivity index (χ0v) is 14.3. The number of fused-ring (bicyclic) bond motifs is 1. The molecule has 8 heteroatoms. The van der Waals surface area contributed by atoms with Gasteiger partial charge >= 0.3 is 12.3 Å². The summed E-state index contributed by atoms with van der Waals surface area (Å²) in [7, 11) is 0. The van der Waals surface area contributed by atoms with E-state index in [0.717, 1.165) is 17.7 Å². The van der Waals surface area contributed by atoms with E-state index >= 15 is 0 Å². The summed E-state index contributed by atoms with van der Waals surface area (Å²) in [5, 5.41) is 20.2. The average Bonchev–Trinajstić information content (AvgIpc) is 3.42. The van der Waals surface area contributed by atoms with E-state index in [-0.39, 0.29) is 16.6 Å². The Bertz CT molecular complexity index is 1080. The highest BCUT2D eigenvalue weighted by molar-refractivity contribution is 6.06. The van der Waals surface area contributed by atoms with E-state index in [1.54, 1.807) is 0 Å². The van der Waals surface area contributed by atoms with Gasteiger partial charge in [0.05, 0.1) is 11.2 Å². The number of benzene rings is 2. The Morgan fingerprint density at radius 1 is 1.11 bits per heavy atom. The molecule has 0 unspecified atom stereocenters. The van der Waals surface area contributed by atoms with Crippen LogP contribution in [0.25, 0.3) is 10.9 Å². The normalized spacial score (nSPS) is 15.4. The zero-order chi connectivity index (χ0) is 20.1. The molecule has 144 valence electrons. The number of halogens is 3. The molecule has 0 amide bonds. The number of carboxylic acid groups (broad SMARTS) is 1. The van der Waals surface area contributed by atoms with Gasteiger partial charge in [-0.25, -0.2) is 9.78 Å². The highest BCUT2D eigenvalue weighted by Crippen LogP contribution is 2.56. The first-order valence-electron chi connectivity index (χ1n) is 8.43. The molecular weight excluding hydrogens is 375 g/mol. The molecule has 0 spiro atoms. The fraction of sp³-hybridized carbons (Fsp3) is 0.200. The Kier molecular flexibility index (Phi) is 3.95. The molecule has 4 rings (SSSR count). The summed E-state index contributed by atoms with van der Waals surface area (Å²) in [6.45, 7) is 0. The molecule has 5 nitrogen and oxygen atoms in total. The fourth-order valence-corrected chi connectivity index (χ4v) is 3.52. The molecule has 1 saturated carbocycles. The van der Waals surface area contributed by atoms with E-state index in [0.29, 0.717) is 12.8 Å². The smallest absolute Gasteiger partial charge is 0.505 e. The third kappa shape index (κ3) is 3.00. The molecule has 1 aliphatic rings. The number of carbonyl (C=O) groups is 1. The molecule has 0 saturated heterocycles. The van der Waals surface area contributed by atoms with Crippen molar-refractivity contribution < 1.29 is 32.9 Å². The lowest BCUT2D eigenvalue weighted by Gasteiger charge is -2.19. The third-order valence-electron chi connectivity index (χ3n) is 4.91. The Morgan fingerprint density at radius 2 is 1.79 bits per heavy atom. The third-order valence-corrected chi connectivity index (χ3v) is 4.91. The van der Waals surface area contributed by atoms with E-state index in [4.69, 9.17) is 0 Å². The molecule has 2 aromatic carbocycles. The topological polar surface area (TPSA) is 79.7 Å². The molecule has 0 bridgehead atoms. The van der Waals surface area contributed by atoms with Crippen LogP contribution in [0.5, 0.6) is 11.5 Å². The summed E-state index contributed by atoms with van der Waals surface area (Å²) in [5.74, 6) is -2.58. The maximum atomic E-state index is 12.5. The van der Waals surface area contributed by atoms with Crippen LogP contribution in [-0.4, -0.2) is 27.5 Å². The summed E-state index contributed by atoms with van der Waals surface area (Å²) in [6.07, 6.45) is -3.56. The van der Waals surface area contributed by atoms with Gasteiger partial charge in [-0.1, -0.05) is 30.3 Å². The second kappa shape index (κ2) is 6.12. The minimum Gasteiger partial charge on any atom is -0.505 e. The van der Waals surface area contributed by atoms with E-state index in [1.165, 1.54) is 6.07 Å². The molecule has 0 radical (unpaired) electrons. The zero-order valence-electron chi connectivity index (χ0n) is 14.3. The molecular formula is C20H14F3NO4. The van der Waals surface area contributed by atoms with Gasteiger partial charge in [-0.05, 0) is 36.6 Å². The minimum absolute atomic E-state index is 0.126. The number of aromatic hydroxyl groups is 1. The summed E-state index contributed by atoms with van der Waals surface area (Å²) in [4.78, 5) is 16.2. The number of pyridine rings is 1. The summed E-state index contributed by atoms with van der Waals surface area (Å²) in [5.41, 5.74) is 0.181. The van der Waals surface area contributed by atoms with E-state index in [1.807, 2.05) is 30.3 Å². The van der Waals surface area contributed by atoms with Crippen molar-refractivity contribution in [2.75, 3.05) is 0 Å². The van der Waals surface area contributed by atoms with Crippen molar-refractivity contribution in [3.63, 3.8) is 0 Å². The first kappa shape index (κ1) is 18.1. The van der Waals surface area contributed by atoms with Gasteiger partial charge in [-0.3, -0.25) is 0 Å². The molecule has 0 aliphatic heterocycles. The van der Waals surface area contributed by atoms with Crippen LogP contribution >= 0.6 is 0 Å². The summed E-state index contributed by atoms with van der Waals surface area (Å²) in [6, 6.07) is 12.5. The van der Waals surface area contributed by atoms with E-state index in [2.05, 4.69) is 9.72 Å². The highest BCUT2D eigenvalue weighted by Gasteiger charge is 2.49. The van der Waals surface area contributed by atoms with Crippen molar-refractivity contribution in [2.45, 2.75) is 24.6 Å². The van der Waals surface area contributed by atoms with Crippen molar-refractivity contribution in [1.29, 1.82) is 0 Å². The quantitative estimate of drug-likeness (QED) is 0.681. The molecule has 3 aromatic rings. The van der Waals surface area contributed by atoms with Gasteiger partial charge in [-0.15, -0.1) is 13.2 Å². The highest BCUT2D eigenvalue weighted by atomic mass is 19.4. The van der Waals surface area contributed by atoms with Crippen LogP contribution in [0.4, 0.5) is 13.2 Å². The standard InChI is InChI=1S/C20H14F3NO4/c21-20(22,23)28-12-6-7-14-13(10-12)15(18(26)27)16(25)17(24-14)19(8-9-19)11-4-2-1-3-5-11/h1-7,10,25H,8-9H2,(H,26,27). The van der Waals surface area contributed by atoms with Gasteiger partial charge in [-0.2, -0.15) is 0 Å². The van der Waals surface area contributed by atoms with Crippen molar-refractivity contribution in [1.82, 2.24) is 4.98 Å². The fourth-order valence-electron chi connectivity index (χ4n) is 3.52. The SMILES string of the molecule is O=C(O)c1c(O)c(C2(c3ccccc3)CC2)nc2ccc(OC(F)(F)F)cc12. The molecule has 1 aliphatic carbocycles. The van der Waals surface area contributed by atoms with Gasteiger partial charge in [0, 0.05) is 10.8 Å². The lowest BCUT2D eigenvalue weighted by molar-refractivity contribution is -0.274. The van der Waals surface area contributed by atoms with Crippen molar-refractivity contribution >= 4 is 16.9 Å².